The third kappa shape index (κ3) is 4.33. The van der Waals surface area contributed by atoms with Crippen LogP contribution in [0.2, 0.25) is 0 Å². The molecule has 2 nitrogen and oxygen atoms in total. The fraction of sp³-hybridized carbons (Fsp3) is 0.519. The van der Waals surface area contributed by atoms with Crippen molar-refractivity contribution >= 4 is 5.78 Å². The maximum Gasteiger partial charge on any atom is 0.183 e. The van der Waals surface area contributed by atoms with E-state index >= 15 is 0 Å². The van der Waals surface area contributed by atoms with E-state index < -0.39 is 5.54 Å². The third-order valence-electron chi connectivity index (χ3n) is 7.15. The summed E-state index contributed by atoms with van der Waals surface area (Å²) in [6.45, 7) is 13.7. The molecule has 0 N–H and O–H groups in total. The lowest BCUT2D eigenvalue weighted by molar-refractivity contribution is 0.0340. The number of rotatable bonds is 9. The van der Waals surface area contributed by atoms with E-state index in [1.165, 1.54) is 36.8 Å². The molecule has 0 aromatic heterocycles. The summed E-state index contributed by atoms with van der Waals surface area (Å²) in [5.41, 5.74) is 3.12. The maximum atomic E-state index is 14.1. The molecular weight excluding hydrogens is 354 g/mol. The molecule has 2 aliphatic rings. The van der Waals surface area contributed by atoms with E-state index in [4.69, 9.17) is 0 Å². The SMILES string of the molecule is C=CCN(CC=C)C1(C(=O)c2ccc(C3CCCC3)cc2)CC=C(C)CC1CC. The number of Topliss-reactive ketones (excluding diaryl/α,β-unsaturated/α-hetero) is 1. The first kappa shape index (κ1) is 21.8. The minimum Gasteiger partial charge on any atom is -0.292 e. The molecule has 29 heavy (non-hydrogen) atoms. The van der Waals surface area contributed by atoms with Crippen LogP contribution in [0.4, 0.5) is 0 Å². The predicted octanol–water partition coefficient (Wildman–Crippen LogP) is 6.71. The van der Waals surface area contributed by atoms with E-state index in [0.29, 0.717) is 24.9 Å². The van der Waals surface area contributed by atoms with Crippen molar-refractivity contribution in [3.8, 4) is 0 Å². The summed E-state index contributed by atoms with van der Waals surface area (Å²) in [4.78, 5) is 16.4. The highest BCUT2D eigenvalue weighted by molar-refractivity contribution is 6.04. The zero-order valence-electron chi connectivity index (χ0n) is 18.3. The van der Waals surface area contributed by atoms with Gasteiger partial charge in [0.1, 0.15) is 0 Å². The second-order valence-electron chi connectivity index (χ2n) is 8.90. The number of carbonyl (C=O) groups is 1. The Hall–Kier alpha value is -1.93. The number of ketones is 1. The third-order valence-corrected chi connectivity index (χ3v) is 7.15. The van der Waals surface area contributed by atoms with Gasteiger partial charge < -0.3 is 0 Å². The summed E-state index contributed by atoms with van der Waals surface area (Å²) in [7, 11) is 0. The van der Waals surface area contributed by atoms with Crippen LogP contribution in [0.3, 0.4) is 0 Å². The van der Waals surface area contributed by atoms with Crippen molar-refractivity contribution in [2.45, 2.75) is 70.3 Å². The van der Waals surface area contributed by atoms with Gasteiger partial charge in [-0.15, -0.1) is 13.2 Å². The van der Waals surface area contributed by atoms with E-state index in [1.54, 1.807) is 0 Å². The monoisotopic (exact) mass is 391 g/mol. The Balaban J connectivity index is 1.99. The number of hydrogen-bond acceptors (Lipinski definition) is 2. The lowest BCUT2D eigenvalue weighted by Gasteiger charge is -2.49. The van der Waals surface area contributed by atoms with Crippen molar-refractivity contribution in [1.29, 1.82) is 0 Å². The molecule has 2 unspecified atom stereocenters. The summed E-state index contributed by atoms with van der Waals surface area (Å²) < 4.78 is 0. The van der Waals surface area contributed by atoms with Crippen molar-refractivity contribution in [3.63, 3.8) is 0 Å². The van der Waals surface area contributed by atoms with E-state index in [9.17, 15) is 4.79 Å². The Morgan fingerprint density at radius 2 is 1.76 bits per heavy atom. The highest BCUT2D eigenvalue weighted by Gasteiger charge is 2.49. The summed E-state index contributed by atoms with van der Waals surface area (Å²) >= 11 is 0. The van der Waals surface area contributed by atoms with Crippen LogP contribution in [0.25, 0.3) is 0 Å². The van der Waals surface area contributed by atoms with Gasteiger partial charge in [-0.2, -0.15) is 0 Å². The minimum atomic E-state index is -0.522. The second kappa shape index (κ2) is 9.71. The molecule has 0 radical (unpaired) electrons. The highest BCUT2D eigenvalue weighted by Crippen LogP contribution is 2.42. The van der Waals surface area contributed by atoms with E-state index in [0.717, 1.165) is 24.8 Å². The number of hydrogen-bond donors (Lipinski definition) is 0. The van der Waals surface area contributed by atoms with Crippen LogP contribution >= 0.6 is 0 Å². The van der Waals surface area contributed by atoms with Gasteiger partial charge in [0.15, 0.2) is 5.78 Å². The molecule has 1 saturated carbocycles. The predicted molar refractivity (Wildman–Crippen MR) is 123 cm³/mol. The minimum absolute atomic E-state index is 0.259. The molecule has 1 aromatic rings. The van der Waals surface area contributed by atoms with Crippen LogP contribution in [-0.4, -0.2) is 29.3 Å². The molecule has 0 bridgehead atoms. The first-order valence-corrected chi connectivity index (χ1v) is 11.3. The van der Waals surface area contributed by atoms with Gasteiger partial charge in [0.05, 0.1) is 5.54 Å². The molecule has 156 valence electrons. The van der Waals surface area contributed by atoms with Crippen molar-refractivity contribution in [2.75, 3.05) is 13.1 Å². The van der Waals surface area contributed by atoms with Gasteiger partial charge in [-0.1, -0.05) is 74.3 Å². The number of allylic oxidation sites excluding steroid dienone is 1. The fourth-order valence-corrected chi connectivity index (χ4v) is 5.56. The summed E-state index contributed by atoms with van der Waals surface area (Å²) in [6, 6.07) is 8.56. The van der Waals surface area contributed by atoms with Crippen LogP contribution in [-0.2, 0) is 0 Å². The highest BCUT2D eigenvalue weighted by atomic mass is 16.1. The van der Waals surface area contributed by atoms with Gasteiger partial charge in [0.2, 0.25) is 0 Å². The standard InChI is InChI=1S/C27H37NO/c1-5-18-28(19-6-2)27(17-16-21(4)20-25(27)7-3)26(29)24-14-12-23(13-15-24)22-10-8-9-11-22/h5-6,12-16,22,25H,1-2,7-11,17-20H2,3-4H3. The first-order valence-electron chi connectivity index (χ1n) is 11.3. The maximum absolute atomic E-state index is 14.1. The Kier molecular flexibility index (Phi) is 7.29. The summed E-state index contributed by atoms with van der Waals surface area (Å²) in [5, 5.41) is 0. The molecule has 1 fully saturated rings. The molecule has 1 aromatic carbocycles. The Labute approximate surface area is 177 Å². The zero-order chi connectivity index (χ0) is 20.9. The topological polar surface area (TPSA) is 20.3 Å². The zero-order valence-corrected chi connectivity index (χ0v) is 18.3. The lowest BCUT2D eigenvalue weighted by Crippen LogP contribution is -2.60. The van der Waals surface area contributed by atoms with Gasteiger partial charge >= 0.3 is 0 Å². The smallest absolute Gasteiger partial charge is 0.183 e. The largest absolute Gasteiger partial charge is 0.292 e. The average Bonchev–Trinajstić information content (AvgIpc) is 3.28. The Morgan fingerprint density at radius 1 is 1.14 bits per heavy atom. The van der Waals surface area contributed by atoms with Crippen LogP contribution in [0, 0.1) is 5.92 Å². The fourth-order valence-electron chi connectivity index (χ4n) is 5.56. The van der Waals surface area contributed by atoms with E-state index in [-0.39, 0.29) is 5.78 Å². The Bertz CT molecular complexity index is 743. The van der Waals surface area contributed by atoms with Gasteiger partial charge in [0.25, 0.3) is 0 Å². The molecule has 0 saturated heterocycles. The van der Waals surface area contributed by atoms with Crippen LogP contribution in [0.5, 0.6) is 0 Å². The molecule has 0 heterocycles. The molecule has 2 aliphatic carbocycles. The van der Waals surface area contributed by atoms with Gasteiger partial charge in [0, 0.05) is 18.7 Å². The van der Waals surface area contributed by atoms with Crippen LogP contribution in [0.15, 0.2) is 61.2 Å². The molecule has 0 amide bonds. The van der Waals surface area contributed by atoms with Crippen LogP contribution < -0.4 is 0 Å². The number of carbonyl (C=O) groups excluding carboxylic acids is 1. The molecule has 2 heteroatoms. The van der Waals surface area contributed by atoms with E-state index in [1.807, 2.05) is 12.2 Å². The number of nitrogens with zero attached hydrogens (tertiary/aromatic N) is 1. The van der Waals surface area contributed by atoms with Gasteiger partial charge in [-0.3, -0.25) is 9.69 Å². The molecular formula is C27H37NO. The van der Waals surface area contributed by atoms with Gasteiger partial charge in [-0.05, 0) is 50.0 Å². The van der Waals surface area contributed by atoms with Crippen LogP contribution in [0.1, 0.15) is 80.6 Å². The van der Waals surface area contributed by atoms with Crippen molar-refractivity contribution in [3.05, 3.63) is 72.4 Å². The summed E-state index contributed by atoms with van der Waals surface area (Å²) in [5.74, 6) is 1.24. The number of benzene rings is 1. The van der Waals surface area contributed by atoms with Crippen molar-refractivity contribution in [1.82, 2.24) is 4.90 Å². The van der Waals surface area contributed by atoms with Crippen molar-refractivity contribution < 1.29 is 4.79 Å². The molecule has 3 rings (SSSR count). The van der Waals surface area contributed by atoms with Gasteiger partial charge in [-0.25, -0.2) is 0 Å². The first-order chi connectivity index (χ1) is 14.1. The summed E-state index contributed by atoms with van der Waals surface area (Å²) in [6.07, 6.45) is 14.1. The van der Waals surface area contributed by atoms with Crippen molar-refractivity contribution in [2.24, 2.45) is 5.92 Å². The Morgan fingerprint density at radius 3 is 2.31 bits per heavy atom. The molecule has 0 aliphatic heterocycles. The second-order valence-corrected chi connectivity index (χ2v) is 8.90. The van der Waals surface area contributed by atoms with E-state index in [2.05, 4.69) is 62.2 Å². The molecule has 2 atom stereocenters. The quantitative estimate of drug-likeness (QED) is 0.344. The average molecular weight is 392 g/mol. The molecule has 0 spiro atoms. The lowest BCUT2D eigenvalue weighted by atomic mass is 9.67. The normalized spacial score (nSPS) is 25.1.